The molecule has 0 spiro atoms. The van der Waals surface area contributed by atoms with Crippen LogP contribution in [0.25, 0.3) is 0 Å². The van der Waals surface area contributed by atoms with Gasteiger partial charge in [0.15, 0.2) is 0 Å². The fraction of sp³-hybridized carbons (Fsp3) is 0.375. The predicted molar refractivity (Wildman–Crippen MR) is 54.7 cm³/mol. The Hall–Kier alpha value is -0.410. The molecule has 0 aliphatic heterocycles. The molecule has 0 atom stereocenters. The molecular weight excluding hydrogens is 192 g/mol. The molecule has 12 heavy (non-hydrogen) atoms. The third kappa shape index (κ3) is 2.91. The van der Waals surface area contributed by atoms with Crippen LogP contribution in [-0.4, -0.2) is 10.7 Å². The number of nitrogens with two attached hydrogens (primary N) is 1. The van der Waals surface area contributed by atoms with Gasteiger partial charge in [-0.15, -0.1) is 11.8 Å². The maximum atomic E-state index is 5.72. The van der Waals surface area contributed by atoms with E-state index in [1.54, 1.807) is 11.8 Å². The second-order valence-electron chi connectivity index (χ2n) is 2.40. The summed E-state index contributed by atoms with van der Waals surface area (Å²) in [6, 6.07) is 3.67. The van der Waals surface area contributed by atoms with Crippen molar-refractivity contribution in [2.45, 2.75) is 18.2 Å². The molecule has 0 aromatic carbocycles. The highest BCUT2D eigenvalue weighted by molar-refractivity contribution is 7.99. The Morgan fingerprint density at radius 3 is 2.92 bits per heavy atom. The summed E-state index contributed by atoms with van der Waals surface area (Å²) in [6.45, 7) is 2.14. The van der Waals surface area contributed by atoms with E-state index >= 15 is 0 Å². The Kier molecular flexibility index (Phi) is 3.69. The van der Waals surface area contributed by atoms with Crippen molar-refractivity contribution < 1.29 is 0 Å². The predicted octanol–water partition coefficient (Wildman–Crippen LogP) is 2.82. The molecule has 0 aliphatic rings. The first-order valence-electron chi connectivity index (χ1n) is 3.78. The summed E-state index contributed by atoms with van der Waals surface area (Å²) >= 11 is 7.47. The van der Waals surface area contributed by atoms with Crippen LogP contribution < -0.4 is 5.73 Å². The number of nitrogens with zero attached hydrogens (tertiary/aromatic N) is 1. The quantitative estimate of drug-likeness (QED) is 0.605. The number of halogens is 1. The van der Waals surface area contributed by atoms with Crippen LogP contribution in [0.15, 0.2) is 17.0 Å². The Balaban J connectivity index is 2.72. The van der Waals surface area contributed by atoms with E-state index in [2.05, 4.69) is 11.9 Å². The fourth-order valence-electron chi connectivity index (χ4n) is 0.796. The van der Waals surface area contributed by atoms with Gasteiger partial charge in [-0.1, -0.05) is 18.5 Å². The van der Waals surface area contributed by atoms with Crippen LogP contribution >= 0.6 is 23.4 Å². The van der Waals surface area contributed by atoms with E-state index in [1.807, 2.05) is 12.1 Å². The molecule has 1 heterocycles. The molecule has 0 amide bonds. The Morgan fingerprint density at radius 1 is 1.58 bits per heavy atom. The molecular formula is C8H11ClN2S. The van der Waals surface area contributed by atoms with E-state index in [-0.39, 0.29) is 0 Å². The van der Waals surface area contributed by atoms with Gasteiger partial charge in [0.25, 0.3) is 0 Å². The maximum Gasteiger partial charge on any atom is 0.132 e. The van der Waals surface area contributed by atoms with Crippen molar-refractivity contribution >= 4 is 29.2 Å². The molecule has 66 valence electrons. The maximum absolute atomic E-state index is 5.72. The second kappa shape index (κ2) is 4.58. The highest BCUT2D eigenvalue weighted by atomic mass is 35.5. The van der Waals surface area contributed by atoms with Crippen LogP contribution in [-0.2, 0) is 0 Å². The van der Waals surface area contributed by atoms with Crippen LogP contribution in [0.2, 0.25) is 5.15 Å². The molecule has 2 nitrogen and oxygen atoms in total. The Labute approximate surface area is 81.5 Å². The molecule has 0 bridgehead atoms. The molecule has 2 N–H and O–H groups in total. The summed E-state index contributed by atoms with van der Waals surface area (Å²) in [6.07, 6.45) is 1.14. The Bertz CT molecular complexity index is 245. The Morgan fingerprint density at radius 2 is 2.33 bits per heavy atom. The molecule has 0 radical (unpaired) electrons. The van der Waals surface area contributed by atoms with Gasteiger partial charge < -0.3 is 5.73 Å². The number of anilines is 1. The third-order valence-electron chi connectivity index (χ3n) is 1.26. The molecule has 4 heteroatoms. The lowest BCUT2D eigenvalue weighted by Gasteiger charge is -2.00. The van der Waals surface area contributed by atoms with Crippen molar-refractivity contribution in [3.63, 3.8) is 0 Å². The summed E-state index contributed by atoms with van der Waals surface area (Å²) in [5.74, 6) is 1.57. The largest absolute Gasteiger partial charge is 0.384 e. The van der Waals surface area contributed by atoms with Crippen LogP contribution in [0.3, 0.4) is 0 Å². The summed E-state index contributed by atoms with van der Waals surface area (Å²) < 4.78 is 0. The van der Waals surface area contributed by atoms with Gasteiger partial charge in [-0.3, -0.25) is 0 Å². The van der Waals surface area contributed by atoms with Gasteiger partial charge in [0.2, 0.25) is 0 Å². The number of hydrogen-bond donors (Lipinski definition) is 1. The number of thioether (sulfide) groups is 1. The standard InChI is InChI=1S/C8H11ClN2S/c1-2-3-12-6-4-7(9)11-8(10)5-6/h4-5H,2-3H2,1H3,(H2,10,11). The molecule has 0 saturated heterocycles. The zero-order valence-corrected chi connectivity index (χ0v) is 8.45. The summed E-state index contributed by atoms with van der Waals surface area (Å²) in [7, 11) is 0. The summed E-state index contributed by atoms with van der Waals surface area (Å²) in [5, 5.41) is 0.466. The van der Waals surface area contributed by atoms with E-state index in [9.17, 15) is 0 Å². The van der Waals surface area contributed by atoms with E-state index in [0.717, 1.165) is 17.1 Å². The highest BCUT2D eigenvalue weighted by Crippen LogP contribution is 2.22. The van der Waals surface area contributed by atoms with E-state index < -0.39 is 0 Å². The minimum Gasteiger partial charge on any atom is -0.384 e. The zero-order valence-electron chi connectivity index (χ0n) is 6.88. The van der Waals surface area contributed by atoms with E-state index in [4.69, 9.17) is 17.3 Å². The van der Waals surface area contributed by atoms with Crippen molar-refractivity contribution in [3.8, 4) is 0 Å². The van der Waals surface area contributed by atoms with Crippen molar-refractivity contribution in [1.29, 1.82) is 0 Å². The average molecular weight is 203 g/mol. The number of hydrogen-bond acceptors (Lipinski definition) is 3. The molecule has 0 unspecified atom stereocenters. The number of nitrogen functional groups attached to an aromatic ring is 1. The van der Waals surface area contributed by atoms with Crippen LogP contribution in [0.1, 0.15) is 13.3 Å². The van der Waals surface area contributed by atoms with Gasteiger partial charge in [-0.2, -0.15) is 0 Å². The lowest BCUT2D eigenvalue weighted by molar-refractivity contribution is 1.10. The second-order valence-corrected chi connectivity index (χ2v) is 3.95. The number of rotatable bonds is 3. The van der Waals surface area contributed by atoms with Crippen LogP contribution in [0, 0.1) is 0 Å². The van der Waals surface area contributed by atoms with Crippen LogP contribution in [0.4, 0.5) is 5.82 Å². The summed E-state index contributed by atoms with van der Waals surface area (Å²) in [5.41, 5.74) is 5.52. The van der Waals surface area contributed by atoms with Gasteiger partial charge in [0, 0.05) is 4.90 Å². The van der Waals surface area contributed by atoms with Crippen LogP contribution in [0.5, 0.6) is 0 Å². The molecule has 1 aromatic heterocycles. The topological polar surface area (TPSA) is 38.9 Å². The third-order valence-corrected chi connectivity index (χ3v) is 2.64. The smallest absolute Gasteiger partial charge is 0.132 e. The van der Waals surface area contributed by atoms with Crippen molar-refractivity contribution in [1.82, 2.24) is 4.98 Å². The summed E-state index contributed by atoms with van der Waals surface area (Å²) in [4.78, 5) is 4.96. The fourth-order valence-corrected chi connectivity index (χ4v) is 1.91. The van der Waals surface area contributed by atoms with Gasteiger partial charge >= 0.3 is 0 Å². The van der Waals surface area contributed by atoms with Crippen molar-refractivity contribution in [2.75, 3.05) is 11.5 Å². The van der Waals surface area contributed by atoms with Crippen molar-refractivity contribution in [3.05, 3.63) is 17.3 Å². The molecule has 0 aliphatic carbocycles. The zero-order chi connectivity index (χ0) is 8.97. The molecule has 0 fully saturated rings. The lowest BCUT2D eigenvalue weighted by atomic mass is 10.5. The minimum absolute atomic E-state index is 0.466. The minimum atomic E-state index is 0.466. The van der Waals surface area contributed by atoms with E-state index in [1.165, 1.54) is 0 Å². The highest BCUT2D eigenvalue weighted by Gasteiger charge is 1.97. The molecule has 1 aromatic rings. The van der Waals surface area contributed by atoms with Crippen molar-refractivity contribution in [2.24, 2.45) is 0 Å². The van der Waals surface area contributed by atoms with Gasteiger partial charge in [-0.25, -0.2) is 4.98 Å². The number of aromatic nitrogens is 1. The van der Waals surface area contributed by atoms with Gasteiger partial charge in [-0.05, 0) is 24.3 Å². The molecule has 0 saturated carbocycles. The van der Waals surface area contributed by atoms with Gasteiger partial charge in [0.05, 0.1) is 0 Å². The normalized spacial score (nSPS) is 10.2. The average Bonchev–Trinajstić information content (AvgIpc) is 1.99. The lowest BCUT2D eigenvalue weighted by Crippen LogP contribution is -1.90. The van der Waals surface area contributed by atoms with Gasteiger partial charge in [0.1, 0.15) is 11.0 Å². The monoisotopic (exact) mass is 202 g/mol. The first kappa shape index (κ1) is 9.68. The molecule has 1 rings (SSSR count). The SMILES string of the molecule is CCCSc1cc(N)nc(Cl)c1. The van der Waals surface area contributed by atoms with E-state index in [0.29, 0.717) is 11.0 Å². The first-order valence-corrected chi connectivity index (χ1v) is 5.14. The first-order chi connectivity index (χ1) is 5.72. The number of pyridine rings is 1.